The number of aliphatic hydroxyl groups is 1. The summed E-state index contributed by atoms with van der Waals surface area (Å²) in [6.07, 6.45) is 0.197. The highest BCUT2D eigenvalue weighted by atomic mass is 35.5. The highest BCUT2D eigenvalue weighted by molar-refractivity contribution is 6.30. The van der Waals surface area contributed by atoms with Gasteiger partial charge in [0.1, 0.15) is 0 Å². The predicted octanol–water partition coefficient (Wildman–Crippen LogP) is 5.35. The van der Waals surface area contributed by atoms with E-state index in [1.165, 1.54) is 0 Å². The molecule has 7 nitrogen and oxygen atoms in total. The fourth-order valence-electron chi connectivity index (χ4n) is 6.12. The molecule has 0 radical (unpaired) electrons. The molecule has 3 aromatic carbocycles. The fourth-order valence-corrected chi connectivity index (χ4v) is 6.25. The van der Waals surface area contributed by atoms with Crippen LogP contribution in [0.25, 0.3) is 0 Å². The molecular weight excluding hydrogens is 540 g/mol. The summed E-state index contributed by atoms with van der Waals surface area (Å²) in [7, 11) is 1.61. The number of hydrogen-bond acceptors (Lipinski definition) is 6. The lowest BCUT2D eigenvalue weighted by molar-refractivity contribution is -0.145. The first-order valence-electron chi connectivity index (χ1n) is 14.3. The first-order valence-corrected chi connectivity index (χ1v) is 14.6. The summed E-state index contributed by atoms with van der Waals surface area (Å²) in [5, 5.41) is 12.1. The van der Waals surface area contributed by atoms with E-state index in [4.69, 9.17) is 25.8 Å². The molecule has 6 rings (SSSR count). The highest BCUT2D eigenvalue weighted by Gasteiger charge is 2.45. The van der Waals surface area contributed by atoms with Crippen LogP contribution in [0.5, 0.6) is 11.5 Å². The van der Waals surface area contributed by atoms with Crippen LogP contribution >= 0.6 is 11.6 Å². The van der Waals surface area contributed by atoms with Gasteiger partial charge >= 0.3 is 0 Å². The average molecular weight is 577 g/mol. The van der Waals surface area contributed by atoms with Crippen LogP contribution in [-0.2, 0) is 21.6 Å². The Bertz CT molecular complexity index is 1410. The predicted molar refractivity (Wildman–Crippen MR) is 159 cm³/mol. The number of nitrogens with zero attached hydrogens (tertiary/aromatic N) is 2. The van der Waals surface area contributed by atoms with Gasteiger partial charge in [-0.15, -0.1) is 0 Å². The Kier molecular flexibility index (Phi) is 7.49. The number of carbonyl (C=O) groups excluding carboxylic acids is 1. The number of rotatable bonds is 8. The van der Waals surface area contributed by atoms with Gasteiger partial charge in [0.15, 0.2) is 11.5 Å². The highest BCUT2D eigenvalue weighted by Crippen LogP contribution is 2.44. The first kappa shape index (κ1) is 28.0. The molecule has 1 amide bonds. The Morgan fingerprint density at radius 1 is 1.02 bits per heavy atom. The second-order valence-electron chi connectivity index (χ2n) is 11.8. The molecule has 41 heavy (non-hydrogen) atoms. The van der Waals surface area contributed by atoms with E-state index in [9.17, 15) is 9.90 Å². The van der Waals surface area contributed by atoms with Crippen LogP contribution in [0, 0.1) is 5.92 Å². The van der Waals surface area contributed by atoms with E-state index in [2.05, 4.69) is 4.90 Å². The molecule has 0 aliphatic carbocycles. The first-order chi connectivity index (χ1) is 19.7. The molecule has 1 unspecified atom stereocenters. The van der Waals surface area contributed by atoms with Gasteiger partial charge in [-0.25, -0.2) is 0 Å². The van der Waals surface area contributed by atoms with Gasteiger partial charge in [-0.2, -0.15) is 0 Å². The van der Waals surface area contributed by atoms with Crippen molar-refractivity contribution in [3.05, 3.63) is 87.9 Å². The molecule has 3 heterocycles. The van der Waals surface area contributed by atoms with Gasteiger partial charge in [0.2, 0.25) is 5.91 Å². The SMILES string of the molecule is COc1cc2c(cc1OC(C)C)[C@H](c1ccc(Cl)cc1)N(c1ccc(C(C)(O)C3CN(C4COC4)C3)cc1)C(=O)C2. The lowest BCUT2D eigenvalue weighted by Crippen LogP contribution is -2.63. The average Bonchev–Trinajstić information content (AvgIpc) is 2.88. The minimum Gasteiger partial charge on any atom is -0.493 e. The molecule has 1 N–H and O–H groups in total. The van der Waals surface area contributed by atoms with E-state index in [0.29, 0.717) is 22.6 Å². The van der Waals surface area contributed by atoms with Crippen molar-refractivity contribution in [2.24, 2.45) is 5.92 Å². The minimum atomic E-state index is -0.965. The van der Waals surface area contributed by atoms with Crippen molar-refractivity contribution in [1.29, 1.82) is 0 Å². The second-order valence-corrected chi connectivity index (χ2v) is 12.2. The maximum absolute atomic E-state index is 13.8. The summed E-state index contributed by atoms with van der Waals surface area (Å²) in [4.78, 5) is 18.0. The quantitative estimate of drug-likeness (QED) is 0.390. The van der Waals surface area contributed by atoms with Crippen LogP contribution in [0.1, 0.15) is 49.1 Å². The van der Waals surface area contributed by atoms with Gasteiger partial charge in [-0.1, -0.05) is 35.9 Å². The smallest absolute Gasteiger partial charge is 0.232 e. The van der Waals surface area contributed by atoms with E-state index >= 15 is 0 Å². The number of anilines is 1. The van der Waals surface area contributed by atoms with E-state index < -0.39 is 5.60 Å². The number of halogens is 1. The Balaban J connectivity index is 1.35. The van der Waals surface area contributed by atoms with E-state index in [0.717, 1.165) is 54.2 Å². The Morgan fingerprint density at radius 3 is 2.29 bits per heavy atom. The lowest BCUT2D eigenvalue weighted by Gasteiger charge is -2.52. The Hall–Kier alpha value is -3.10. The van der Waals surface area contributed by atoms with E-state index in [1.807, 2.05) is 86.3 Å². The molecule has 216 valence electrons. The third-order valence-corrected chi connectivity index (χ3v) is 8.96. The zero-order valence-corrected chi connectivity index (χ0v) is 24.7. The Morgan fingerprint density at radius 2 is 1.71 bits per heavy atom. The fraction of sp³-hybridized carbons (Fsp3) is 0.424. The van der Waals surface area contributed by atoms with Gasteiger partial charge in [-0.3, -0.25) is 9.69 Å². The summed E-state index contributed by atoms with van der Waals surface area (Å²) in [6, 6.07) is 19.4. The molecule has 8 heteroatoms. The standard InChI is InChI=1S/C33H37ClN2O5/c1-20(2)41-30-15-28-22(13-29(30)39-4)14-31(37)36(32(28)21-5-9-25(34)10-6-21)26-11-7-23(8-12-26)33(3,38)24-16-35(17-24)27-18-40-19-27/h5-13,15,20,24,27,32,38H,14,16-19H2,1-4H3/t32-,33?/m0/s1. The van der Waals surface area contributed by atoms with Gasteiger partial charge in [0.05, 0.1) is 50.5 Å². The molecule has 3 aromatic rings. The molecule has 0 spiro atoms. The van der Waals surface area contributed by atoms with E-state index in [-0.39, 0.29) is 30.4 Å². The van der Waals surface area contributed by atoms with Crippen molar-refractivity contribution in [1.82, 2.24) is 4.90 Å². The van der Waals surface area contributed by atoms with Crippen LogP contribution in [0.15, 0.2) is 60.7 Å². The number of fused-ring (bicyclic) bond motifs is 1. The lowest BCUT2D eigenvalue weighted by atomic mass is 9.77. The van der Waals surface area contributed by atoms with Crippen molar-refractivity contribution >= 4 is 23.2 Å². The second kappa shape index (κ2) is 11.0. The van der Waals surface area contributed by atoms with Crippen LogP contribution in [0.4, 0.5) is 5.69 Å². The van der Waals surface area contributed by atoms with Crippen LogP contribution in [0.3, 0.4) is 0 Å². The number of benzene rings is 3. The molecule has 3 aliphatic heterocycles. The Labute approximate surface area is 246 Å². The maximum atomic E-state index is 13.8. The third-order valence-electron chi connectivity index (χ3n) is 8.71. The molecule has 2 atom stereocenters. The largest absolute Gasteiger partial charge is 0.493 e. The number of carbonyl (C=O) groups is 1. The van der Waals surface area contributed by atoms with Crippen LogP contribution < -0.4 is 14.4 Å². The molecule has 3 aliphatic rings. The van der Waals surface area contributed by atoms with Crippen LogP contribution in [-0.4, -0.2) is 61.5 Å². The molecular formula is C33H37ClN2O5. The topological polar surface area (TPSA) is 71.5 Å². The van der Waals surface area contributed by atoms with Crippen LogP contribution in [0.2, 0.25) is 5.02 Å². The number of amides is 1. The number of likely N-dealkylation sites (tertiary alicyclic amines) is 1. The van der Waals surface area contributed by atoms with Gasteiger partial charge < -0.3 is 24.2 Å². The zero-order chi connectivity index (χ0) is 28.9. The van der Waals surface area contributed by atoms with E-state index in [1.54, 1.807) is 7.11 Å². The summed E-state index contributed by atoms with van der Waals surface area (Å²) in [5.41, 5.74) is 3.48. The summed E-state index contributed by atoms with van der Waals surface area (Å²) >= 11 is 6.25. The molecule has 0 bridgehead atoms. The number of methoxy groups -OCH3 is 1. The zero-order valence-electron chi connectivity index (χ0n) is 24.0. The molecule has 2 fully saturated rings. The van der Waals surface area contributed by atoms with Crippen molar-refractivity contribution < 1.29 is 24.1 Å². The van der Waals surface area contributed by atoms with Crippen molar-refractivity contribution in [3.63, 3.8) is 0 Å². The van der Waals surface area contributed by atoms with Crippen molar-refractivity contribution in [2.45, 2.75) is 51.0 Å². The normalized spacial score (nSPS) is 21.2. The minimum absolute atomic E-state index is 0.0195. The number of hydrogen-bond donors (Lipinski definition) is 1. The summed E-state index contributed by atoms with van der Waals surface area (Å²) < 4.78 is 17.1. The van der Waals surface area contributed by atoms with Gasteiger partial charge in [0.25, 0.3) is 0 Å². The van der Waals surface area contributed by atoms with Gasteiger partial charge in [-0.05, 0) is 79.4 Å². The van der Waals surface area contributed by atoms with Crippen molar-refractivity contribution in [2.75, 3.05) is 38.3 Å². The van der Waals surface area contributed by atoms with Gasteiger partial charge in [0, 0.05) is 29.7 Å². The monoisotopic (exact) mass is 576 g/mol. The molecule has 2 saturated heterocycles. The maximum Gasteiger partial charge on any atom is 0.232 e. The number of ether oxygens (including phenoxy) is 3. The van der Waals surface area contributed by atoms with Crippen molar-refractivity contribution in [3.8, 4) is 11.5 Å². The molecule has 0 aromatic heterocycles. The summed E-state index contributed by atoms with van der Waals surface area (Å²) in [5.74, 6) is 1.38. The molecule has 0 saturated carbocycles. The third kappa shape index (κ3) is 5.21. The summed E-state index contributed by atoms with van der Waals surface area (Å²) in [6.45, 7) is 9.12.